The Morgan fingerprint density at radius 3 is 2.60 bits per heavy atom. The van der Waals surface area contributed by atoms with Crippen molar-refractivity contribution in [2.24, 2.45) is 5.92 Å². The lowest BCUT2D eigenvalue weighted by atomic mass is 10.0. The molecule has 2 aliphatic rings. The largest absolute Gasteiger partial charge is 0.366 e. The van der Waals surface area contributed by atoms with Gasteiger partial charge in [-0.25, -0.2) is 0 Å². The Balaban J connectivity index is 1.48. The van der Waals surface area contributed by atoms with Gasteiger partial charge in [0.25, 0.3) is 0 Å². The van der Waals surface area contributed by atoms with E-state index in [1.54, 1.807) is 6.20 Å². The summed E-state index contributed by atoms with van der Waals surface area (Å²) in [5, 5.41) is 11.3. The van der Waals surface area contributed by atoms with Crippen LogP contribution in [0.1, 0.15) is 38.5 Å². The highest BCUT2D eigenvalue weighted by atomic mass is 16.2. The summed E-state index contributed by atoms with van der Waals surface area (Å²) in [6, 6.07) is 4.22. The van der Waals surface area contributed by atoms with Gasteiger partial charge < -0.3 is 10.2 Å². The van der Waals surface area contributed by atoms with E-state index in [1.807, 2.05) is 12.1 Å². The fourth-order valence-electron chi connectivity index (χ4n) is 3.26. The molecule has 1 aromatic rings. The van der Waals surface area contributed by atoms with Crippen molar-refractivity contribution < 1.29 is 4.79 Å². The zero-order chi connectivity index (χ0) is 13.8. The highest BCUT2D eigenvalue weighted by Gasteiger charge is 2.29. The van der Waals surface area contributed by atoms with Crippen molar-refractivity contribution in [2.75, 3.05) is 18.4 Å². The SMILES string of the molecule is O=C(C1CCCC1)N1CCC(Nc2cccnn2)CC1. The van der Waals surface area contributed by atoms with Crippen molar-refractivity contribution in [3.63, 3.8) is 0 Å². The highest BCUT2D eigenvalue weighted by Crippen LogP contribution is 2.27. The van der Waals surface area contributed by atoms with Crippen LogP contribution in [0, 0.1) is 5.92 Å². The van der Waals surface area contributed by atoms with Crippen LogP contribution in [-0.4, -0.2) is 40.1 Å². The highest BCUT2D eigenvalue weighted by molar-refractivity contribution is 5.79. The smallest absolute Gasteiger partial charge is 0.225 e. The maximum atomic E-state index is 12.3. The number of nitrogens with one attached hydrogen (secondary N) is 1. The molecule has 5 nitrogen and oxygen atoms in total. The minimum absolute atomic E-state index is 0.305. The van der Waals surface area contributed by atoms with Gasteiger partial charge in [-0.2, -0.15) is 5.10 Å². The van der Waals surface area contributed by atoms with Crippen molar-refractivity contribution >= 4 is 11.7 Å². The van der Waals surface area contributed by atoms with Gasteiger partial charge in [0.15, 0.2) is 0 Å². The number of anilines is 1. The molecule has 20 heavy (non-hydrogen) atoms. The fraction of sp³-hybridized carbons (Fsp3) is 0.667. The minimum atomic E-state index is 0.305. The summed E-state index contributed by atoms with van der Waals surface area (Å²) in [6.45, 7) is 1.74. The van der Waals surface area contributed by atoms with Gasteiger partial charge >= 0.3 is 0 Å². The Labute approximate surface area is 119 Å². The maximum absolute atomic E-state index is 12.3. The minimum Gasteiger partial charge on any atom is -0.366 e. The van der Waals surface area contributed by atoms with Crippen molar-refractivity contribution in [2.45, 2.75) is 44.6 Å². The molecular formula is C15H22N4O. The Morgan fingerprint density at radius 1 is 1.20 bits per heavy atom. The second kappa shape index (κ2) is 6.20. The van der Waals surface area contributed by atoms with E-state index in [1.165, 1.54) is 12.8 Å². The van der Waals surface area contributed by atoms with E-state index in [2.05, 4.69) is 20.4 Å². The molecule has 2 heterocycles. The van der Waals surface area contributed by atoms with Gasteiger partial charge in [-0.05, 0) is 37.8 Å². The summed E-state index contributed by atoms with van der Waals surface area (Å²) in [7, 11) is 0. The molecule has 1 aliphatic heterocycles. The Morgan fingerprint density at radius 2 is 1.95 bits per heavy atom. The molecule has 108 valence electrons. The fourth-order valence-corrected chi connectivity index (χ4v) is 3.26. The standard InChI is InChI=1S/C15H22N4O/c20-15(12-4-1-2-5-12)19-10-7-13(8-11-19)17-14-6-3-9-16-18-14/h3,6,9,12-13H,1-2,4-5,7-8,10-11H2,(H,17,18). The van der Waals surface area contributed by atoms with Crippen LogP contribution in [0.3, 0.4) is 0 Å². The lowest BCUT2D eigenvalue weighted by Gasteiger charge is -2.34. The van der Waals surface area contributed by atoms with Gasteiger partial charge in [0.1, 0.15) is 5.82 Å². The third kappa shape index (κ3) is 3.08. The molecule has 1 saturated carbocycles. The molecule has 0 unspecified atom stereocenters. The third-order valence-electron chi connectivity index (χ3n) is 4.44. The molecule has 1 N–H and O–H groups in total. The molecule has 5 heteroatoms. The van der Waals surface area contributed by atoms with Gasteiger partial charge in [0.05, 0.1) is 0 Å². The molecule has 1 aliphatic carbocycles. The molecule has 0 spiro atoms. The number of carbonyl (C=O) groups is 1. The average molecular weight is 274 g/mol. The number of piperidine rings is 1. The average Bonchev–Trinajstić information content (AvgIpc) is 3.03. The Hall–Kier alpha value is -1.65. The van der Waals surface area contributed by atoms with Crippen LogP contribution in [0.15, 0.2) is 18.3 Å². The van der Waals surface area contributed by atoms with Gasteiger partial charge in [-0.3, -0.25) is 4.79 Å². The summed E-state index contributed by atoms with van der Waals surface area (Å²) in [4.78, 5) is 14.4. The summed E-state index contributed by atoms with van der Waals surface area (Å²) in [6.07, 6.45) is 8.30. The van der Waals surface area contributed by atoms with E-state index >= 15 is 0 Å². The van der Waals surface area contributed by atoms with Crippen LogP contribution < -0.4 is 5.32 Å². The topological polar surface area (TPSA) is 58.1 Å². The molecule has 0 aromatic carbocycles. The van der Waals surface area contributed by atoms with E-state index in [0.29, 0.717) is 17.9 Å². The second-order valence-corrected chi connectivity index (χ2v) is 5.83. The van der Waals surface area contributed by atoms with Crippen molar-refractivity contribution in [1.29, 1.82) is 0 Å². The van der Waals surface area contributed by atoms with Crippen LogP contribution in [0.2, 0.25) is 0 Å². The summed E-state index contributed by atoms with van der Waals surface area (Å²) < 4.78 is 0. The van der Waals surface area contributed by atoms with E-state index in [9.17, 15) is 4.79 Å². The second-order valence-electron chi connectivity index (χ2n) is 5.83. The zero-order valence-electron chi connectivity index (χ0n) is 11.8. The summed E-state index contributed by atoms with van der Waals surface area (Å²) in [5.41, 5.74) is 0. The third-order valence-corrected chi connectivity index (χ3v) is 4.44. The Kier molecular flexibility index (Phi) is 4.14. The summed E-state index contributed by atoms with van der Waals surface area (Å²) in [5.74, 6) is 1.52. The van der Waals surface area contributed by atoms with Gasteiger partial charge in [-0.15, -0.1) is 5.10 Å². The molecule has 2 fully saturated rings. The molecule has 3 rings (SSSR count). The number of likely N-dealkylation sites (tertiary alicyclic amines) is 1. The number of carbonyl (C=O) groups excluding carboxylic acids is 1. The molecule has 0 radical (unpaired) electrons. The van der Waals surface area contributed by atoms with Gasteiger partial charge in [-0.1, -0.05) is 12.8 Å². The molecule has 1 saturated heterocycles. The van der Waals surface area contributed by atoms with Gasteiger partial charge in [0.2, 0.25) is 5.91 Å². The normalized spacial score (nSPS) is 21.1. The first-order valence-corrected chi connectivity index (χ1v) is 7.66. The number of aromatic nitrogens is 2. The van der Waals surface area contributed by atoms with Crippen LogP contribution in [0.25, 0.3) is 0 Å². The predicted octanol–water partition coefficient (Wildman–Crippen LogP) is 2.07. The molecular weight excluding hydrogens is 252 g/mol. The number of amides is 1. The number of hydrogen-bond donors (Lipinski definition) is 1. The van der Waals surface area contributed by atoms with Crippen LogP contribution in [-0.2, 0) is 4.79 Å². The first-order valence-electron chi connectivity index (χ1n) is 7.66. The van der Waals surface area contributed by atoms with Crippen LogP contribution in [0.4, 0.5) is 5.82 Å². The summed E-state index contributed by atoms with van der Waals surface area (Å²) >= 11 is 0. The molecule has 0 atom stereocenters. The number of nitrogens with zero attached hydrogens (tertiary/aromatic N) is 3. The molecule has 1 amide bonds. The molecule has 0 bridgehead atoms. The van der Waals surface area contributed by atoms with Crippen LogP contribution >= 0.6 is 0 Å². The lowest BCUT2D eigenvalue weighted by molar-refractivity contribution is -0.136. The van der Waals surface area contributed by atoms with E-state index in [0.717, 1.165) is 44.6 Å². The van der Waals surface area contributed by atoms with Gasteiger partial charge in [0, 0.05) is 31.2 Å². The lowest BCUT2D eigenvalue weighted by Crippen LogP contribution is -2.44. The van der Waals surface area contributed by atoms with Crippen molar-refractivity contribution in [3.05, 3.63) is 18.3 Å². The first kappa shape index (κ1) is 13.3. The van der Waals surface area contributed by atoms with Crippen molar-refractivity contribution in [3.8, 4) is 0 Å². The number of hydrogen-bond acceptors (Lipinski definition) is 4. The van der Waals surface area contributed by atoms with Crippen molar-refractivity contribution in [1.82, 2.24) is 15.1 Å². The van der Waals surface area contributed by atoms with E-state index < -0.39 is 0 Å². The quantitative estimate of drug-likeness (QED) is 0.916. The monoisotopic (exact) mass is 274 g/mol. The number of rotatable bonds is 3. The van der Waals surface area contributed by atoms with E-state index in [4.69, 9.17) is 0 Å². The molecule has 1 aromatic heterocycles. The van der Waals surface area contributed by atoms with Crippen LogP contribution in [0.5, 0.6) is 0 Å². The predicted molar refractivity (Wildman–Crippen MR) is 77.2 cm³/mol. The Bertz CT molecular complexity index is 436. The zero-order valence-corrected chi connectivity index (χ0v) is 11.8. The maximum Gasteiger partial charge on any atom is 0.225 e. The van der Waals surface area contributed by atoms with E-state index in [-0.39, 0.29) is 0 Å². The first-order chi connectivity index (χ1) is 9.83.